The quantitative estimate of drug-likeness (QED) is 0.0208. The molecule has 2 aromatic carbocycles. The zero-order valence-electron chi connectivity index (χ0n) is 61.6. The SMILES string of the molecule is C.CC(CO)(COC(=O)OCCCOC(=O)OCCCCc1ccc2c3c1C=CC1=CC=CC(=CC2)C13)C(=O)OCCCCl.CN(C)CCN(C)C.CN(C)CC[N+](C)(C)CCCOC(=O)C(C)(CO)COC(=O)OCCCOC(=O)OCCCCc1ccc2c3c1C=CC1=CC=CC(=CC2)C13.[Cl-]. The predicted molar refractivity (Wildman–Crippen MR) is 395 cm³/mol. The number of benzene rings is 2. The van der Waals surface area contributed by atoms with Gasteiger partial charge >= 0.3 is 36.6 Å². The molecule has 4 unspecified atom stereocenters. The standard InChI is InChI=1S/C39H55N2O9.C33H39ClO9.C6H16N2.CH4.ClH/c1-39(27-42,36(43)46-24-9-21-41(4,5)22-20-40(2)3)28-50-38(45)49-26-10-25-48-37(44)47-23-7-6-11-29-14-15-32-17-16-30-12-8-13-31-18-19-33(29)35(32)34(30)31;1-33(21-35,30(36)39-18-5-16-34)22-43-32(38)42-20-6-19-41-31(37)40-17-3-2-7-23-10-11-26-13-12-24-8-4-9-25-14-15-27(23)29(26)28(24)25;1-7(2)5-6-8(3)4;;/h8,12-16,18-19,34,42H,6-7,9-11,17,20-28H2,1-5H3;4,8-12,14-15,28,35H,2-3,5-7,13,16-22H2,1H3;5-6H2,1-4H3;1H4;1H/q+1;;;;/p-1. The van der Waals surface area contributed by atoms with Gasteiger partial charge in [0.15, 0.2) is 0 Å². The van der Waals surface area contributed by atoms with Crippen LogP contribution < -0.4 is 12.4 Å². The van der Waals surface area contributed by atoms with Crippen molar-refractivity contribution in [3.05, 3.63) is 152 Å². The van der Waals surface area contributed by atoms with Crippen molar-refractivity contribution in [2.24, 2.45) is 10.8 Å². The summed E-state index contributed by atoms with van der Waals surface area (Å²) in [6, 6.07) is 8.96. The van der Waals surface area contributed by atoms with Crippen molar-refractivity contribution in [1.82, 2.24) is 14.7 Å². The highest BCUT2D eigenvalue weighted by molar-refractivity contribution is 6.17. The first-order valence-corrected chi connectivity index (χ1v) is 35.8. The van der Waals surface area contributed by atoms with Gasteiger partial charge < -0.3 is 89.2 Å². The molecule has 0 fully saturated rings. The van der Waals surface area contributed by atoms with Crippen LogP contribution in [0.15, 0.2) is 107 Å². The van der Waals surface area contributed by atoms with E-state index < -0.39 is 73.8 Å². The first-order chi connectivity index (χ1) is 48.4. The number of rotatable bonds is 39. The summed E-state index contributed by atoms with van der Waals surface area (Å²) in [5.74, 6) is -0.334. The van der Waals surface area contributed by atoms with E-state index in [1.165, 1.54) is 80.6 Å². The summed E-state index contributed by atoms with van der Waals surface area (Å²) in [6.45, 7) is 6.69. The maximum atomic E-state index is 12.6. The maximum absolute atomic E-state index is 12.6. The second-order valence-corrected chi connectivity index (χ2v) is 28.4. The van der Waals surface area contributed by atoms with Gasteiger partial charge in [0.1, 0.15) is 24.0 Å². The average Bonchev–Trinajstić information content (AvgIpc) is 0.750. The lowest BCUT2D eigenvalue weighted by atomic mass is 9.70. The van der Waals surface area contributed by atoms with Gasteiger partial charge in [-0.3, -0.25) is 9.59 Å². The number of allylic oxidation sites excluding steroid dienone is 14. The number of hydrogen-bond donors (Lipinski definition) is 2. The first-order valence-electron chi connectivity index (χ1n) is 35.3. The minimum Gasteiger partial charge on any atom is -1.00 e. The molecule has 0 aromatic heterocycles. The lowest BCUT2D eigenvalue weighted by molar-refractivity contribution is -0.890. The third kappa shape index (κ3) is 28.6. The van der Waals surface area contributed by atoms with Gasteiger partial charge in [0, 0.05) is 56.6 Å². The fourth-order valence-corrected chi connectivity index (χ4v) is 11.9. The van der Waals surface area contributed by atoms with Crippen molar-refractivity contribution in [3.8, 4) is 0 Å². The molecule has 103 heavy (non-hydrogen) atoms. The molecule has 0 heterocycles. The van der Waals surface area contributed by atoms with Crippen LogP contribution in [-0.4, -0.2) is 240 Å². The molecule has 0 bridgehead atoms. The van der Waals surface area contributed by atoms with E-state index in [9.17, 15) is 39.0 Å². The number of carbonyl (C=O) groups is 6. The largest absolute Gasteiger partial charge is 1.00 e. The van der Waals surface area contributed by atoms with Gasteiger partial charge in [-0.25, -0.2) is 19.2 Å². The Kier molecular flexibility index (Phi) is 38.6. The molecule has 22 nitrogen and oxygen atoms in total. The molecule has 2 N–H and O–H groups in total. The summed E-state index contributed by atoms with van der Waals surface area (Å²) in [7, 11) is 16.7. The van der Waals surface area contributed by atoms with Gasteiger partial charge in [-0.1, -0.05) is 105 Å². The number of hydrogen-bond acceptors (Lipinski definition) is 21. The van der Waals surface area contributed by atoms with E-state index in [-0.39, 0.29) is 85.5 Å². The third-order valence-corrected chi connectivity index (χ3v) is 18.3. The highest BCUT2D eigenvalue weighted by Gasteiger charge is 2.39. The van der Waals surface area contributed by atoms with Crippen molar-refractivity contribution >= 4 is 60.3 Å². The van der Waals surface area contributed by atoms with Gasteiger partial charge in [-0.2, -0.15) is 0 Å². The van der Waals surface area contributed by atoms with E-state index in [1.54, 1.807) is 0 Å². The summed E-state index contributed by atoms with van der Waals surface area (Å²) in [4.78, 5) is 79.0. The number of carbonyl (C=O) groups excluding carboxylic acids is 6. The Morgan fingerprint density at radius 1 is 0.466 bits per heavy atom. The lowest BCUT2D eigenvalue weighted by Gasteiger charge is -2.34. The van der Waals surface area contributed by atoms with Gasteiger partial charge in [0.2, 0.25) is 0 Å². The van der Waals surface area contributed by atoms with E-state index >= 15 is 0 Å². The van der Waals surface area contributed by atoms with Crippen LogP contribution in [0.4, 0.5) is 19.2 Å². The van der Waals surface area contributed by atoms with Crippen LogP contribution >= 0.6 is 11.6 Å². The molecule has 0 saturated carbocycles. The molecular weight excluding hydrogens is 1360 g/mol. The van der Waals surface area contributed by atoms with Crippen molar-refractivity contribution in [3.63, 3.8) is 0 Å². The summed E-state index contributed by atoms with van der Waals surface area (Å²) >= 11 is 5.55. The molecule has 8 rings (SSSR count). The number of alkyl halides is 1. The molecule has 6 aliphatic rings. The summed E-state index contributed by atoms with van der Waals surface area (Å²) < 4.78 is 51.6. The number of unbranched alkanes of at least 4 members (excludes halogenated alkanes) is 2. The number of aliphatic hydroxyl groups is 2. The highest BCUT2D eigenvalue weighted by atomic mass is 35.5. The van der Waals surface area contributed by atoms with E-state index in [2.05, 4.69) is 154 Å². The Morgan fingerprint density at radius 3 is 1.21 bits per heavy atom. The molecule has 0 radical (unpaired) electrons. The molecule has 6 aliphatic carbocycles. The van der Waals surface area contributed by atoms with E-state index in [0.717, 1.165) is 75.7 Å². The summed E-state index contributed by atoms with van der Waals surface area (Å²) in [6.07, 6.45) is 31.7. The van der Waals surface area contributed by atoms with E-state index in [0.29, 0.717) is 43.4 Å². The first kappa shape index (κ1) is 88.1. The molecule has 0 aliphatic heterocycles. The third-order valence-electron chi connectivity index (χ3n) is 18.1. The highest BCUT2D eigenvalue weighted by Crippen LogP contribution is 2.48. The number of likely N-dealkylation sites (N-methyl/N-ethyl adjacent to an activating group) is 4. The van der Waals surface area contributed by atoms with Crippen LogP contribution in [0.2, 0.25) is 0 Å². The minimum absolute atomic E-state index is 0. The Bertz CT molecular complexity index is 3340. The molecule has 2 aromatic rings. The zero-order chi connectivity index (χ0) is 73.4. The molecule has 4 atom stereocenters. The number of ether oxygens (including phenoxy) is 10. The lowest BCUT2D eigenvalue weighted by Crippen LogP contribution is -3.00. The summed E-state index contributed by atoms with van der Waals surface area (Å²) in [5, 5.41) is 19.3. The van der Waals surface area contributed by atoms with Gasteiger partial charge in [0.05, 0.1) is 93.3 Å². The van der Waals surface area contributed by atoms with E-state index in [1.807, 2.05) is 14.1 Å². The number of aliphatic hydroxyl groups excluding tert-OH is 2. The van der Waals surface area contributed by atoms with Gasteiger partial charge in [0.25, 0.3) is 0 Å². The molecule has 24 heteroatoms. The Labute approximate surface area is 622 Å². The van der Waals surface area contributed by atoms with Crippen molar-refractivity contribution in [1.29, 1.82) is 0 Å². The summed E-state index contributed by atoms with van der Waals surface area (Å²) in [5.41, 5.74) is 13.6. The van der Waals surface area contributed by atoms with Crippen LogP contribution in [0.5, 0.6) is 0 Å². The fraction of sp³-hybridized carbons (Fsp3) is 0.570. The van der Waals surface area contributed by atoms with Gasteiger partial charge in [-0.05, 0) is 181 Å². The van der Waals surface area contributed by atoms with Crippen molar-refractivity contribution in [2.75, 3.05) is 174 Å². The maximum Gasteiger partial charge on any atom is 0.508 e. The van der Waals surface area contributed by atoms with Crippen molar-refractivity contribution in [2.45, 2.75) is 110 Å². The van der Waals surface area contributed by atoms with Crippen LogP contribution in [0.3, 0.4) is 0 Å². The molecule has 0 amide bonds. The number of quaternary nitrogens is 1. The second-order valence-electron chi connectivity index (χ2n) is 28.0. The zero-order valence-corrected chi connectivity index (χ0v) is 63.1. The fourth-order valence-electron chi connectivity index (χ4n) is 11.8. The predicted octanol–water partition coefficient (Wildman–Crippen LogP) is 9.08. The van der Waals surface area contributed by atoms with Crippen LogP contribution in [0.1, 0.15) is 129 Å². The number of aryl methyl sites for hydroxylation is 2. The van der Waals surface area contributed by atoms with E-state index in [4.69, 9.17) is 59.0 Å². The molecular formula is C79H114Cl2N4O18. The number of esters is 2. The topological polar surface area (TPSA) is 245 Å². The average molecular weight is 1480 g/mol. The minimum atomic E-state index is -1.41. The Morgan fingerprint density at radius 2 is 0.835 bits per heavy atom. The van der Waals surface area contributed by atoms with Gasteiger partial charge in [-0.15, -0.1) is 11.6 Å². The second kappa shape index (κ2) is 45.2. The molecule has 0 saturated heterocycles. The number of halogens is 2. The van der Waals surface area contributed by atoms with Crippen LogP contribution in [0, 0.1) is 10.8 Å². The Hall–Kier alpha value is -7.28. The van der Waals surface area contributed by atoms with Crippen LogP contribution in [0.25, 0.3) is 12.2 Å². The molecule has 0 spiro atoms. The monoisotopic (exact) mass is 1480 g/mol. The van der Waals surface area contributed by atoms with Crippen LogP contribution in [-0.2, 0) is 82.6 Å². The smallest absolute Gasteiger partial charge is 0.508 e. The Balaban J connectivity index is 0.000000390. The van der Waals surface area contributed by atoms with Crippen molar-refractivity contribution < 1.29 is 103 Å². The number of nitrogens with zero attached hydrogens (tertiary/aromatic N) is 4. The molecule has 572 valence electrons. The normalized spacial score (nSPS) is 16.2.